The van der Waals surface area contributed by atoms with Gasteiger partial charge in [0.05, 0.1) is 11.1 Å². The number of aldehydes is 2. The number of rotatable bonds is 2. The maximum absolute atomic E-state index is 10.8. The summed E-state index contributed by atoms with van der Waals surface area (Å²) in [5.41, 5.74) is 0.427. The van der Waals surface area contributed by atoms with Crippen LogP contribution in [0.25, 0.3) is 21.5 Å². The zero-order valence-corrected chi connectivity index (χ0v) is 10.3. The highest BCUT2D eigenvalue weighted by molar-refractivity contribution is 6.11. The molecule has 0 amide bonds. The van der Waals surface area contributed by atoms with Gasteiger partial charge in [0.25, 0.3) is 0 Å². The standard InChI is InChI=1S/C16H10O4/c17-7-11-3-9-1-2-10-4-12(8-18)16(20)6-14(10)13(9)5-15(11)19/h1-8,19-20H. The molecule has 20 heavy (non-hydrogen) atoms. The minimum Gasteiger partial charge on any atom is -0.507 e. The van der Waals surface area contributed by atoms with Crippen LogP contribution in [0.1, 0.15) is 20.7 Å². The SMILES string of the molecule is O=Cc1cc2ccc3cc(C=O)c(O)cc3c2cc1O. The first-order valence-electron chi connectivity index (χ1n) is 5.97. The van der Waals surface area contributed by atoms with Crippen LogP contribution in [-0.2, 0) is 0 Å². The van der Waals surface area contributed by atoms with Crippen molar-refractivity contribution in [2.45, 2.75) is 0 Å². The molecule has 0 aliphatic carbocycles. The quantitative estimate of drug-likeness (QED) is 0.552. The third-order valence-corrected chi connectivity index (χ3v) is 3.38. The highest BCUT2D eigenvalue weighted by Crippen LogP contribution is 2.33. The molecule has 0 aromatic heterocycles. The second kappa shape index (κ2) is 4.35. The first kappa shape index (κ1) is 12.2. The van der Waals surface area contributed by atoms with Crippen molar-refractivity contribution < 1.29 is 19.8 Å². The Morgan fingerprint density at radius 3 is 1.45 bits per heavy atom. The van der Waals surface area contributed by atoms with Gasteiger partial charge in [-0.2, -0.15) is 0 Å². The first-order valence-corrected chi connectivity index (χ1v) is 5.97. The molecule has 0 atom stereocenters. The van der Waals surface area contributed by atoms with Gasteiger partial charge in [0, 0.05) is 0 Å². The van der Waals surface area contributed by atoms with E-state index >= 15 is 0 Å². The Balaban J connectivity index is 2.46. The Bertz CT molecular complexity index is 793. The van der Waals surface area contributed by atoms with E-state index in [0.717, 1.165) is 10.8 Å². The Hall–Kier alpha value is -2.88. The number of fused-ring (bicyclic) bond motifs is 3. The molecule has 3 rings (SSSR count). The van der Waals surface area contributed by atoms with Crippen molar-refractivity contribution in [1.29, 1.82) is 0 Å². The summed E-state index contributed by atoms with van der Waals surface area (Å²) in [5.74, 6) is -0.224. The molecule has 2 N–H and O–H groups in total. The number of carbonyl (C=O) groups excluding carboxylic acids is 2. The average molecular weight is 266 g/mol. The molecule has 4 heteroatoms. The van der Waals surface area contributed by atoms with Crippen molar-refractivity contribution in [2.24, 2.45) is 0 Å². The van der Waals surface area contributed by atoms with Crippen molar-refractivity contribution in [2.75, 3.05) is 0 Å². The molecule has 0 saturated carbocycles. The third-order valence-electron chi connectivity index (χ3n) is 3.38. The van der Waals surface area contributed by atoms with Gasteiger partial charge >= 0.3 is 0 Å². The molecule has 4 nitrogen and oxygen atoms in total. The third kappa shape index (κ3) is 1.70. The van der Waals surface area contributed by atoms with E-state index in [1.165, 1.54) is 12.1 Å². The molecule has 0 unspecified atom stereocenters. The summed E-state index contributed by atoms with van der Waals surface area (Å²) in [4.78, 5) is 21.7. The van der Waals surface area contributed by atoms with E-state index < -0.39 is 0 Å². The van der Waals surface area contributed by atoms with Crippen molar-refractivity contribution >= 4 is 34.1 Å². The molecule has 0 heterocycles. The van der Waals surface area contributed by atoms with E-state index in [1.807, 2.05) is 0 Å². The van der Waals surface area contributed by atoms with Gasteiger partial charge in [0.2, 0.25) is 0 Å². The summed E-state index contributed by atoms with van der Waals surface area (Å²) < 4.78 is 0. The molecule has 0 aliphatic rings. The Labute approximate surface area is 113 Å². The monoisotopic (exact) mass is 266 g/mol. The fourth-order valence-electron chi connectivity index (χ4n) is 2.36. The zero-order valence-electron chi connectivity index (χ0n) is 10.3. The normalized spacial score (nSPS) is 10.8. The Morgan fingerprint density at radius 1 is 0.700 bits per heavy atom. The lowest BCUT2D eigenvalue weighted by molar-refractivity contribution is 0.111. The van der Waals surface area contributed by atoms with Crippen LogP contribution in [0.15, 0.2) is 36.4 Å². The van der Waals surface area contributed by atoms with Crippen LogP contribution >= 0.6 is 0 Å². The second-order valence-electron chi connectivity index (χ2n) is 4.57. The summed E-state index contributed by atoms with van der Waals surface area (Å²) in [5, 5.41) is 22.5. The molecule has 3 aromatic carbocycles. The summed E-state index contributed by atoms with van der Waals surface area (Å²) in [6.45, 7) is 0. The van der Waals surface area contributed by atoms with Gasteiger partial charge in [-0.25, -0.2) is 0 Å². The van der Waals surface area contributed by atoms with Crippen LogP contribution < -0.4 is 0 Å². The van der Waals surface area contributed by atoms with Gasteiger partial charge in [-0.3, -0.25) is 9.59 Å². The number of phenolic OH excluding ortho intramolecular Hbond substituents is 2. The summed E-state index contributed by atoms with van der Waals surface area (Å²) >= 11 is 0. The highest BCUT2D eigenvalue weighted by Gasteiger charge is 2.09. The van der Waals surface area contributed by atoms with E-state index in [9.17, 15) is 19.8 Å². The van der Waals surface area contributed by atoms with Gasteiger partial charge in [0.1, 0.15) is 11.5 Å². The average Bonchev–Trinajstić information content (AvgIpc) is 2.46. The van der Waals surface area contributed by atoms with Gasteiger partial charge in [-0.05, 0) is 45.8 Å². The molecule has 98 valence electrons. The molecule has 0 fully saturated rings. The van der Waals surface area contributed by atoms with Crippen molar-refractivity contribution in [3.63, 3.8) is 0 Å². The number of hydrogen-bond donors (Lipinski definition) is 2. The molecule has 0 aliphatic heterocycles. The predicted octanol–water partition coefficient (Wildman–Crippen LogP) is 3.03. The lowest BCUT2D eigenvalue weighted by Crippen LogP contribution is -1.86. The lowest BCUT2D eigenvalue weighted by Gasteiger charge is -2.08. The van der Waals surface area contributed by atoms with Gasteiger partial charge in [-0.15, -0.1) is 0 Å². The summed E-state index contributed by atoms with van der Waals surface area (Å²) in [6, 6.07) is 9.75. The number of carbonyl (C=O) groups is 2. The van der Waals surface area contributed by atoms with E-state index in [2.05, 4.69) is 0 Å². The minimum atomic E-state index is -0.112. The van der Waals surface area contributed by atoms with Crippen LogP contribution in [-0.4, -0.2) is 22.8 Å². The van der Waals surface area contributed by atoms with E-state index in [4.69, 9.17) is 0 Å². The molecule has 0 spiro atoms. The number of aromatic hydroxyl groups is 2. The summed E-state index contributed by atoms with van der Waals surface area (Å²) in [7, 11) is 0. The van der Waals surface area contributed by atoms with Crippen molar-refractivity contribution in [3.8, 4) is 11.5 Å². The van der Waals surface area contributed by atoms with Crippen LogP contribution in [0.5, 0.6) is 11.5 Å². The Kier molecular flexibility index (Phi) is 2.64. The van der Waals surface area contributed by atoms with Crippen LogP contribution in [0.3, 0.4) is 0 Å². The van der Waals surface area contributed by atoms with Crippen molar-refractivity contribution in [1.82, 2.24) is 0 Å². The largest absolute Gasteiger partial charge is 0.507 e. The summed E-state index contributed by atoms with van der Waals surface area (Å²) in [6.07, 6.45) is 1.18. The smallest absolute Gasteiger partial charge is 0.153 e. The lowest BCUT2D eigenvalue weighted by atomic mass is 9.98. The van der Waals surface area contributed by atoms with E-state index in [-0.39, 0.29) is 22.6 Å². The maximum Gasteiger partial charge on any atom is 0.153 e. The fraction of sp³-hybridized carbons (Fsp3) is 0. The highest BCUT2D eigenvalue weighted by atomic mass is 16.3. The van der Waals surface area contributed by atoms with E-state index in [1.54, 1.807) is 24.3 Å². The van der Waals surface area contributed by atoms with Crippen LogP contribution in [0.2, 0.25) is 0 Å². The molecule has 3 aromatic rings. The topological polar surface area (TPSA) is 74.6 Å². The van der Waals surface area contributed by atoms with Gasteiger partial charge in [0.15, 0.2) is 12.6 Å². The molecular weight excluding hydrogens is 256 g/mol. The van der Waals surface area contributed by atoms with Crippen molar-refractivity contribution in [3.05, 3.63) is 47.5 Å². The van der Waals surface area contributed by atoms with Crippen LogP contribution in [0, 0.1) is 0 Å². The molecule has 0 radical (unpaired) electrons. The number of benzene rings is 3. The first-order chi connectivity index (χ1) is 9.63. The number of phenols is 2. The maximum atomic E-state index is 10.8. The Morgan fingerprint density at radius 2 is 1.10 bits per heavy atom. The second-order valence-corrected chi connectivity index (χ2v) is 4.57. The predicted molar refractivity (Wildman–Crippen MR) is 75.6 cm³/mol. The molecule has 0 bridgehead atoms. The van der Waals surface area contributed by atoms with Crippen LogP contribution in [0.4, 0.5) is 0 Å². The zero-order chi connectivity index (χ0) is 14.3. The van der Waals surface area contributed by atoms with E-state index in [0.29, 0.717) is 23.3 Å². The van der Waals surface area contributed by atoms with Gasteiger partial charge in [-0.1, -0.05) is 12.1 Å². The fourth-order valence-corrected chi connectivity index (χ4v) is 2.36. The minimum absolute atomic E-state index is 0.112. The molecule has 0 saturated heterocycles. The number of hydrogen-bond acceptors (Lipinski definition) is 4. The molecular formula is C16H10O4. The van der Waals surface area contributed by atoms with Gasteiger partial charge < -0.3 is 10.2 Å².